The summed E-state index contributed by atoms with van der Waals surface area (Å²) in [6, 6.07) is 4.01. The van der Waals surface area contributed by atoms with Gasteiger partial charge in [-0.3, -0.25) is 4.90 Å². The van der Waals surface area contributed by atoms with Crippen LogP contribution in [0.4, 0.5) is 0 Å². The number of nitrogens with one attached hydrogen (secondary N) is 1. The predicted octanol–water partition coefficient (Wildman–Crippen LogP) is 2.12. The minimum absolute atomic E-state index is 0.0565. The molecule has 5 atom stereocenters. The summed E-state index contributed by atoms with van der Waals surface area (Å²) in [5.74, 6) is 0.810. The van der Waals surface area contributed by atoms with Crippen LogP contribution in [-0.2, 0) is 16.6 Å². The number of hydrogen-bond acceptors (Lipinski definition) is 6. The number of phenols is 1. The van der Waals surface area contributed by atoms with Crippen molar-refractivity contribution in [3.8, 4) is 11.5 Å². The number of likely N-dealkylation sites (tertiary alicyclic amines) is 1. The summed E-state index contributed by atoms with van der Waals surface area (Å²) < 4.78 is 11.7. The summed E-state index contributed by atoms with van der Waals surface area (Å²) in [7, 11) is 1.74. The second-order valence-corrected chi connectivity index (χ2v) is 9.43. The van der Waals surface area contributed by atoms with E-state index in [2.05, 4.69) is 16.8 Å². The maximum atomic E-state index is 12.3. The third-order valence-electron chi connectivity index (χ3n) is 8.12. The average Bonchev–Trinajstić information content (AvgIpc) is 3.09. The Kier molecular flexibility index (Phi) is 5.09. The fraction of sp³-hybridized carbons (Fsp3) is 0.667. The molecule has 1 saturated carbocycles. The molecule has 164 valence electrons. The number of benzene rings is 1. The second-order valence-electron chi connectivity index (χ2n) is 9.43. The van der Waals surface area contributed by atoms with Gasteiger partial charge in [0, 0.05) is 37.9 Å². The minimum atomic E-state index is -0.848. The highest BCUT2D eigenvalue weighted by Crippen LogP contribution is 2.65. The van der Waals surface area contributed by atoms with Crippen molar-refractivity contribution in [3.63, 3.8) is 0 Å². The summed E-state index contributed by atoms with van der Waals surface area (Å²) in [5, 5.41) is 26.6. The van der Waals surface area contributed by atoms with Crippen molar-refractivity contribution < 1.29 is 19.7 Å². The van der Waals surface area contributed by atoms with Crippen LogP contribution in [0.2, 0.25) is 0 Å². The number of aliphatic hydroxyl groups is 1. The first kappa shape index (κ1) is 20.3. The van der Waals surface area contributed by atoms with E-state index in [9.17, 15) is 10.2 Å². The molecule has 30 heavy (non-hydrogen) atoms. The average molecular weight is 415 g/mol. The van der Waals surface area contributed by atoms with Crippen LogP contribution in [-0.4, -0.2) is 72.3 Å². The SMILES string of the molecule is C=CCN1CC[C@]23c4c5ccc(O)c4O[C@@H]2C(NCCCCOC)CCC3(O)C1C5. The molecule has 0 radical (unpaired) electrons. The summed E-state index contributed by atoms with van der Waals surface area (Å²) >= 11 is 0. The van der Waals surface area contributed by atoms with E-state index in [0.29, 0.717) is 5.75 Å². The van der Waals surface area contributed by atoms with E-state index < -0.39 is 11.0 Å². The van der Waals surface area contributed by atoms with Crippen LogP contribution in [0.5, 0.6) is 11.5 Å². The molecule has 1 aromatic carbocycles. The third kappa shape index (κ3) is 2.63. The zero-order valence-electron chi connectivity index (χ0n) is 17.9. The second kappa shape index (κ2) is 7.52. The molecule has 1 spiro atoms. The minimum Gasteiger partial charge on any atom is -0.504 e. The normalized spacial score (nSPS) is 36.3. The van der Waals surface area contributed by atoms with Gasteiger partial charge in [-0.25, -0.2) is 0 Å². The van der Waals surface area contributed by atoms with E-state index in [1.165, 1.54) is 5.56 Å². The molecule has 1 aromatic rings. The van der Waals surface area contributed by atoms with Crippen molar-refractivity contribution in [2.24, 2.45) is 0 Å². The lowest BCUT2D eigenvalue weighted by molar-refractivity contribution is -0.189. The number of methoxy groups -OCH3 is 1. The number of piperidine rings is 1. The van der Waals surface area contributed by atoms with Gasteiger partial charge in [-0.15, -0.1) is 6.58 Å². The molecule has 2 aliphatic heterocycles. The third-order valence-corrected chi connectivity index (χ3v) is 8.12. The monoisotopic (exact) mass is 414 g/mol. The van der Waals surface area contributed by atoms with Crippen LogP contribution in [0.25, 0.3) is 0 Å². The summed E-state index contributed by atoms with van der Waals surface area (Å²) in [4.78, 5) is 2.39. The number of aromatic hydroxyl groups is 1. The maximum absolute atomic E-state index is 12.3. The first-order chi connectivity index (χ1) is 14.6. The van der Waals surface area contributed by atoms with Crippen LogP contribution < -0.4 is 10.1 Å². The first-order valence-corrected chi connectivity index (χ1v) is 11.4. The lowest BCUT2D eigenvalue weighted by Gasteiger charge is -2.64. The van der Waals surface area contributed by atoms with Crippen molar-refractivity contribution in [2.45, 2.75) is 67.7 Å². The Labute approximate surface area is 178 Å². The highest BCUT2D eigenvalue weighted by Gasteiger charge is 2.72. The molecule has 2 bridgehead atoms. The number of ether oxygens (including phenoxy) is 2. The molecule has 0 aromatic heterocycles. The summed E-state index contributed by atoms with van der Waals surface area (Å²) in [5.41, 5.74) is 0.989. The van der Waals surface area contributed by atoms with Crippen LogP contribution in [0, 0.1) is 0 Å². The highest BCUT2D eigenvalue weighted by atomic mass is 16.5. The predicted molar refractivity (Wildman–Crippen MR) is 115 cm³/mol. The fourth-order valence-electron chi connectivity index (χ4n) is 6.88. The first-order valence-electron chi connectivity index (χ1n) is 11.4. The van der Waals surface area contributed by atoms with Crippen molar-refractivity contribution in [1.29, 1.82) is 0 Å². The maximum Gasteiger partial charge on any atom is 0.165 e. The largest absolute Gasteiger partial charge is 0.504 e. The molecule has 0 amide bonds. The number of rotatable bonds is 8. The van der Waals surface area contributed by atoms with E-state index in [0.717, 1.165) is 70.3 Å². The molecule has 2 aliphatic carbocycles. The molecule has 1 saturated heterocycles. The fourth-order valence-corrected chi connectivity index (χ4v) is 6.88. The Morgan fingerprint density at radius 1 is 1.37 bits per heavy atom. The highest BCUT2D eigenvalue weighted by molar-refractivity contribution is 5.62. The van der Waals surface area contributed by atoms with Gasteiger partial charge in [0.25, 0.3) is 0 Å². The van der Waals surface area contributed by atoms with E-state index in [1.807, 2.05) is 12.1 Å². The molecule has 2 fully saturated rings. The topological polar surface area (TPSA) is 74.2 Å². The van der Waals surface area contributed by atoms with Crippen molar-refractivity contribution in [1.82, 2.24) is 10.2 Å². The van der Waals surface area contributed by atoms with Gasteiger partial charge in [0.05, 0.1) is 11.0 Å². The molecule has 3 N–H and O–H groups in total. The molecule has 2 heterocycles. The molecule has 3 unspecified atom stereocenters. The van der Waals surface area contributed by atoms with Gasteiger partial charge in [0.15, 0.2) is 11.5 Å². The van der Waals surface area contributed by atoms with E-state index in [-0.39, 0.29) is 23.9 Å². The number of unbranched alkanes of at least 4 members (excludes halogenated alkanes) is 1. The Bertz CT molecular complexity index is 830. The van der Waals surface area contributed by atoms with Gasteiger partial charge in [-0.1, -0.05) is 12.1 Å². The van der Waals surface area contributed by atoms with Crippen molar-refractivity contribution >= 4 is 0 Å². The van der Waals surface area contributed by atoms with Gasteiger partial charge in [-0.2, -0.15) is 0 Å². The standard InChI is InChI=1S/C24H34N2O4/c1-3-12-26-13-10-23-20-16-6-7-18(27)21(20)30-22(23)17(25-11-4-5-14-29-2)8-9-24(23,28)19(26)15-16/h3,6-7,17,19,22,25,27-28H,1,4-5,8-15H2,2H3/t17?,19?,22-,23+,24?/m1/s1. The molecule has 6 heteroatoms. The molecule has 5 rings (SSSR count). The van der Waals surface area contributed by atoms with Gasteiger partial charge >= 0.3 is 0 Å². The van der Waals surface area contributed by atoms with Crippen LogP contribution >= 0.6 is 0 Å². The number of nitrogens with zero attached hydrogens (tertiary/aromatic N) is 1. The van der Waals surface area contributed by atoms with Crippen molar-refractivity contribution in [2.75, 3.05) is 33.4 Å². The van der Waals surface area contributed by atoms with Crippen LogP contribution in [0.3, 0.4) is 0 Å². The van der Waals surface area contributed by atoms with Gasteiger partial charge < -0.3 is 25.0 Å². The quantitative estimate of drug-likeness (QED) is 0.447. The molecule has 4 aliphatic rings. The Hall–Kier alpha value is -1.60. The zero-order valence-corrected chi connectivity index (χ0v) is 17.9. The van der Waals surface area contributed by atoms with Gasteiger partial charge in [-0.05, 0) is 63.2 Å². The van der Waals surface area contributed by atoms with E-state index >= 15 is 0 Å². The Balaban J connectivity index is 1.52. The number of phenolic OH excluding ortho intramolecular Hbond substituents is 1. The number of hydrogen-bond donors (Lipinski definition) is 3. The van der Waals surface area contributed by atoms with Crippen molar-refractivity contribution in [3.05, 3.63) is 35.9 Å². The summed E-state index contributed by atoms with van der Waals surface area (Å²) in [6.45, 7) is 7.32. The Morgan fingerprint density at radius 3 is 3.03 bits per heavy atom. The smallest absolute Gasteiger partial charge is 0.165 e. The molecular formula is C24H34N2O4. The van der Waals surface area contributed by atoms with Crippen LogP contribution in [0.15, 0.2) is 24.8 Å². The van der Waals surface area contributed by atoms with Crippen LogP contribution in [0.1, 0.15) is 43.2 Å². The Morgan fingerprint density at radius 2 is 2.23 bits per heavy atom. The van der Waals surface area contributed by atoms with E-state index in [4.69, 9.17) is 9.47 Å². The molecule has 6 nitrogen and oxygen atoms in total. The summed E-state index contributed by atoms with van der Waals surface area (Å²) in [6.07, 6.45) is 7.10. The zero-order chi connectivity index (χ0) is 20.9. The lowest BCUT2D eigenvalue weighted by atomic mass is 9.48. The molecular weight excluding hydrogens is 380 g/mol. The van der Waals surface area contributed by atoms with E-state index in [1.54, 1.807) is 13.2 Å². The van der Waals surface area contributed by atoms with Gasteiger partial charge in [0.1, 0.15) is 6.10 Å². The lowest BCUT2D eigenvalue weighted by Crippen LogP contribution is -2.78. The van der Waals surface area contributed by atoms with Gasteiger partial charge in [0.2, 0.25) is 0 Å².